The van der Waals surface area contributed by atoms with E-state index in [1.807, 2.05) is 43.3 Å². The number of nitrogens with one attached hydrogen (secondary N) is 1. The number of nitrogens with zero attached hydrogens (tertiary/aromatic N) is 3. The Morgan fingerprint density at radius 3 is 2.20 bits per heavy atom. The number of halogens is 1. The van der Waals surface area contributed by atoms with E-state index in [2.05, 4.69) is 34.5 Å². The Bertz CT molecular complexity index is 1470. The van der Waals surface area contributed by atoms with Gasteiger partial charge in [-0.05, 0) is 36.6 Å². The number of carbonyl (C=O) groups is 4. The zero-order valence-corrected chi connectivity index (χ0v) is 22.8. The van der Waals surface area contributed by atoms with Crippen molar-refractivity contribution < 1.29 is 23.6 Å². The standard InChI is InChI=1S/C32H31FN4O4/c1-20-18-35(29(21-8-4-2-5-9-21)22-10-6-3-7-11-22)16-17-36(20)32(41)24-13-12-23-25(28(24)33)19-37(31(23)40)26-14-15-27(38)34-30(26)39/h2-13,20,26,29H,14-19H2,1H3,(H,34,38,39)/t20-,26?/m1/s1. The van der Waals surface area contributed by atoms with Gasteiger partial charge < -0.3 is 9.80 Å². The molecular weight excluding hydrogens is 523 g/mol. The summed E-state index contributed by atoms with van der Waals surface area (Å²) in [6.07, 6.45) is 0.300. The van der Waals surface area contributed by atoms with Gasteiger partial charge in [-0.1, -0.05) is 60.7 Å². The van der Waals surface area contributed by atoms with E-state index < -0.39 is 29.6 Å². The Morgan fingerprint density at radius 2 is 1.59 bits per heavy atom. The molecule has 2 fully saturated rings. The van der Waals surface area contributed by atoms with Gasteiger partial charge in [-0.3, -0.25) is 29.4 Å². The first-order chi connectivity index (χ1) is 19.8. The fourth-order valence-electron chi connectivity index (χ4n) is 6.33. The number of fused-ring (bicyclic) bond motifs is 1. The lowest BCUT2D eigenvalue weighted by atomic mass is 9.95. The molecule has 0 bridgehead atoms. The number of rotatable bonds is 5. The van der Waals surface area contributed by atoms with Crippen molar-refractivity contribution in [2.45, 2.75) is 44.4 Å². The Morgan fingerprint density at radius 1 is 0.927 bits per heavy atom. The Kier molecular flexibility index (Phi) is 7.13. The van der Waals surface area contributed by atoms with Gasteiger partial charge in [0.15, 0.2) is 0 Å². The van der Waals surface area contributed by atoms with Crippen LogP contribution < -0.4 is 5.32 Å². The second-order valence-electron chi connectivity index (χ2n) is 10.9. The lowest BCUT2D eigenvalue weighted by Gasteiger charge is -2.43. The quantitative estimate of drug-likeness (QED) is 0.488. The van der Waals surface area contributed by atoms with Crippen LogP contribution in [0, 0.1) is 5.82 Å². The molecule has 3 aromatic rings. The van der Waals surface area contributed by atoms with E-state index >= 15 is 4.39 Å². The molecule has 41 heavy (non-hydrogen) atoms. The molecule has 2 atom stereocenters. The summed E-state index contributed by atoms with van der Waals surface area (Å²) in [7, 11) is 0. The van der Waals surface area contributed by atoms with E-state index in [0.29, 0.717) is 19.6 Å². The first kappa shape index (κ1) is 26.8. The minimum absolute atomic E-state index is 0.0260. The van der Waals surface area contributed by atoms with Gasteiger partial charge in [0.2, 0.25) is 11.8 Å². The van der Waals surface area contributed by atoms with Crippen LogP contribution in [0.2, 0.25) is 0 Å². The molecule has 3 aliphatic heterocycles. The van der Waals surface area contributed by atoms with Crippen LogP contribution >= 0.6 is 0 Å². The SMILES string of the molecule is C[C@@H]1CN(C(c2ccccc2)c2ccccc2)CCN1C(=O)c1ccc2c(c1F)CN(C1CCC(=O)NC1=O)C2=O. The fraction of sp³-hybridized carbons (Fsp3) is 0.312. The Labute approximate surface area is 237 Å². The van der Waals surface area contributed by atoms with E-state index in [4.69, 9.17) is 0 Å². The van der Waals surface area contributed by atoms with Crippen LogP contribution in [0.25, 0.3) is 0 Å². The maximum Gasteiger partial charge on any atom is 0.257 e. The number of imide groups is 1. The number of piperidine rings is 1. The van der Waals surface area contributed by atoms with Crippen LogP contribution in [0.5, 0.6) is 0 Å². The van der Waals surface area contributed by atoms with Crippen LogP contribution in [0.1, 0.15) is 63.2 Å². The predicted octanol–water partition coefficient (Wildman–Crippen LogP) is 3.52. The zero-order chi connectivity index (χ0) is 28.7. The number of hydrogen-bond donors (Lipinski definition) is 1. The number of piperazine rings is 1. The molecule has 0 aromatic heterocycles. The third-order valence-electron chi connectivity index (χ3n) is 8.40. The topological polar surface area (TPSA) is 90.0 Å². The molecule has 4 amide bonds. The third kappa shape index (κ3) is 4.91. The van der Waals surface area contributed by atoms with Crippen LogP contribution in [-0.4, -0.2) is 70.0 Å². The molecule has 3 aromatic carbocycles. The highest BCUT2D eigenvalue weighted by atomic mass is 19.1. The summed E-state index contributed by atoms with van der Waals surface area (Å²) in [6.45, 7) is 3.49. The largest absolute Gasteiger partial charge is 0.333 e. The molecule has 6 rings (SSSR count). The van der Waals surface area contributed by atoms with Crippen molar-refractivity contribution in [2.75, 3.05) is 19.6 Å². The van der Waals surface area contributed by atoms with E-state index in [-0.39, 0.29) is 54.1 Å². The summed E-state index contributed by atoms with van der Waals surface area (Å²) in [4.78, 5) is 56.0. The first-order valence-electron chi connectivity index (χ1n) is 13.9. The maximum absolute atomic E-state index is 15.8. The molecule has 0 radical (unpaired) electrons. The Hall–Kier alpha value is -4.37. The molecule has 0 spiro atoms. The summed E-state index contributed by atoms with van der Waals surface area (Å²) >= 11 is 0. The molecule has 1 unspecified atom stereocenters. The molecule has 3 heterocycles. The summed E-state index contributed by atoms with van der Waals surface area (Å²) in [5.41, 5.74) is 2.52. The average Bonchev–Trinajstić information content (AvgIpc) is 3.31. The summed E-state index contributed by atoms with van der Waals surface area (Å²) in [6, 6.07) is 22.4. The van der Waals surface area contributed by atoms with Gasteiger partial charge >= 0.3 is 0 Å². The van der Waals surface area contributed by atoms with Gasteiger partial charge in [0, 0.05) is 43.2 Å². The normalized spacial score (nSPS) is 21.3. The zero-order valence-electron chi connectivity index (χ0n) is 22.8. The summed E-state index contributed by atoms with van der Waals surface area (Å²) in [5.74, 6) is -2.56. The molecule has 3 aliphatic rings. The second-order valence-corrected chi connectivity index (χ2v) is 10.9. The highest BCUT2D eigenvalue weighted by Gasteiger charge is 2.41. The number of carbonyl (C=O) groups excluding carboxylic acids is 4. The number of amides is 4. The highest BCUT2D eigenvalue weighted by molar-refractivity contribution is 6.06. The van der Waals surface area contributed by atoms with Gasteiger partial charge in [-0.2, -0.15) is 0 Å². The van der Waals surface area contributed by atoms with Crippen molar-refractivity contribution in [3.63, 3.8) is 0 Å². The van der Waals surface area contributed by atoms with Crippen LogP contribution in [-0.2, 0) is 16.1 Å². The fourth-order valence-corrected chi connectivity index (χ4v) is 6.33. The lowest BCUT2D eigenvalue weighted by molar-refractivity contribution is -0.136. The minimum Gasteiger partial charge on any atom is -0.333 e. The summed E-state index contributed by atoms with van der Waals surface area (Å²) in [5, 5.41) is 2.25. The smallest absolute Gasteiger partial charge is 0.257 e. The third-order valence-corrected chi connectivity index (χ3v) is 8.40. The number of hydrogen-bond acceptors (Lipinski definition) is 5. The van der Waals surface area contributed by atoms with Crippen molar-refractivity contribution in [1.29, 1.82) is 0 Å². The second kappa shape index (κ2) is 10.9. The molecule has 210 valence electrons. The average molecular weight is 555 g/mol. The van der Waals surface area contributed by atoms with Crippen molar-refractivity contribution in [2.24, 2.45) is 0 Å². The van der Waals surface area contributed by atoms with Gasteiger partial charge in [-0.15, -0.1) is 0 Å². The molecule has 0 aliphatic carbocycles. The van der Waals surface area contributed by atoms with Gasteiger partial charge in [0.25, 0.3) is 11.8 Å². The monoisotopic (exact) mass is 554 g/mol. The molecule has 9 heteroatoms. The van der Waals surface area contributed by atoms with Crippen molar-refractivity contribution in [1.82, 2.24) is 20.0 Å². The number of benzene rings is 3. The maximum atomic E-state index is 15.8. The van der Waals surface area contributed by atoms with E-state index in [1.165, 1.54) is 28.2 Å². The molecule has 1 N–H and O–H groups in total. The molecular formula is C32H31FN4O4. The van der Waals surface area contributed by atoms with Crippen molar-refractivity contribution in [3.8, 4) is 0 Å². The van der Waals surface area contributed by atoms with Gasteiger partial charge in [-0.25, -0.2) is 4.39 Å². The van der Waals surface area contributed by atoms with Crippen LogP contribution in [0.4, 0.5) is 4.39 Å². The van der Waals surface area contributed by atoms with E-state index in [9.17, 15) is 19.2 Å². The summed E-state index contributed by atoms with van der Waals surface area (Å²) < 4.78 is 15.8. The van der Waals surface area contributed by atoms with E-state index in [1.54, 1.807) is 4.90 Å². The molecule has 0 saturated carbocycles. The lowest BCUT2D eigenvalue weighted by Crippen LogP contribution is -2.55. The minimum atomic E-state index is -0.846. The first-order valence-corrected chi connectivity index (χ1v) is 13.9. The van der Waals surface area contributed by atoms with E-state index in [0.717, 1.165) is 0 Å². The van der Waals surface area contributed by atoms with Crippen molar-refractivity contribution in [3.05, 3.63) is 106 Å². The molecule has 2 saturated heterocycles. The highest BCUT2D eigenvalue weighted by Crippen LogP contribution is 2.33. The van der Waals surface area contributed by atoms with Crippen LogP contribution in [0.15, 0.2) is 72.8 Å². The van der Waals surface area contributed by atoms with Crippen LogP contribution in [0.3, 0.4) is 0 Å². The van der Waals surface area contributed by atoms with Gasteiger partial charge in [0.05, 0.1) is 18.2 Å². The Balaban J connectivity index is 1.20. The predicted molar refractivity (Wildman–Crippen MR) is 149 cm³/mol. The molecule has 8 nitrogen and oxygen atoms in total. The van der Waals surface area contributed by atoms with Gasteiger partial charge in [0.1, 0.15) is 11.9 Å². The van der Waals surface area contributed by atoms with Crippen molar-refractivity contribution >= 4 is 23.6 Å².